The van der Waals surface area contributed by atoms with E-state index in [0.29, 0.717) is 11.5 Å². The van der Waals surface area contributed by atoms with Crippen LogP contribution in [0.5, 0.6) is 0 Å². The summed E-state index contributed by atoms with van der Waals surface area (Å²) in [5.41, 5.74) is 6.43. The zero-order valence-electron chi connectivity index (χ0n) is 9.05. The van der Waals surface area contributed by atoms with Crippen molar-refractivity contribution in [2.45, 2.75) is 58.4 Å². The van der Waals surface area contributed by atoms with Crippen LogP contribution in [0.1, 0.15) is 52.4 Å². The molecule has 2 N–H and O–H groups in total. The molecule has 0 amide bonds. The molecule has 13 heavy (non-hydrogen) atoms. The Bertz CT molecular complexity index is 182. The SMILES string of the molecule is CC1(C)C(N)CC1CCC1CCC1. The molecule has 2 rings (SSSR count). The van der Waals surface area contributed by atoms with E-state index in [9.17, 15) is 0 Å². The Morgan fingerprint density at radius 2 is 1.92 bits per heavy atom. The second-order valence-corrected chi connectivity index (χ2v) is 5.73. The summed E-state index contributed by atoms with van der Waals surface area (Å²) in [7, 11) is 0. The van der Waals surface area contributed by atoms with Gasteiger partial charge in [0.15, 0.2) is 0 Å². The molecule has 0 bridgehead atoms. The lowest BCUT2D eigenvalue weighted by Crippen LogP contribution is -2.54. The van der Waals surface area contributed by atoms with Crippen LogP contribution in [-0.4, -0.2) is 6.04 Å². The van der Waals surface area contributed by atoms with Crippen molar-refractivity contribution in [3.8, 4) is 0 Å². The molecule has 2 unspecified atom stereocenters. The largest absolute Gasteiger partial charge is 0.327 e. The Morgan fingerprint density at radius 3 is 2.31 bits per heavy atom. The van der Waals surface area contributed by atoms with Crippen molar-refractivity contribution in [1.29, 1.82) is 0 Å². The van der Waals surface area contributed by atoms with Crippen molar-refractivity contribution >= 4 is 0 Å². The van der Waals surface area contributed by atoms with E-state index < -0.39 is 0 Å². The Kier molecular flexibility index (Phi) is 2.39. The molecule has 0 aromatic heterocycles. The van der Waals surface area contributed by atoms with Gasteiger partial charge in [-0.3, -0.25) is 0 Å². The molecule has 2 aliphatic rings. The van der Waals surface area contributed by atoms with Crippen molar-refractivity contribution in [1.82, 2.24) is 0 Å². The summed E-state index contributed by atoms with van der Waals surface area (Å²) in [4.78, 5) is 0. The summed E-state index contributed by atoms with van der Waals surface area (Å²) in [6.07, 6.45) is 8.67. The van der Waals surface area contributed by atoms with Crippen molar-refractivity contribution in [2.75, 3.05) is 0 Å². The number of hydrogen-bond acceptors (Lipinski definition) is 1. The molecule has 0 aliphatic heterocycles. The Hall–Kier alpha value is -0.0400. The molecule has 0 saturated heterocycles. The lowest BCUT2D eigenvalue weighted by Gasteiger charge is -2.51. The highest BCUT2D eigenvalue weighted by Crippen LogP contribution is 2.48. The third-order valence-electron chi connectivity index (χ3n) is 4.69. The van der Waals surface area contributed by atoms with Crippen LogP contribution in [0, 0.1) is 17.3 Å². The molecule has 0 spiro atoms. The summed E-state index contributed by atoms with van der Waals surface area (Å²) in [5, 5.41) is 0. The van der Waals surface area contributed by atoms with E-state index in [2.05, 4.69) is 13.8 Å². The first-order valence-corrected chi connectivity index (χ1v) is 5.86. The summed E-state index contributed by atoms with van der Waals surface area (Å²) < 4.78 is 0. The summed E-state index contributed by atoms with van der Waals surface area (Å²) in [6.45, 7) is 4.68. The average Bonchev–Trinajstić information content (AvgIpc) is 2.00. The van der Waals surface area contributed by atoms with E-state index in [1.807, 2.05) is 0 Å². The highest BCUT2D eigenvalue weighted by molar-refractivity contribution is 4.99. The van der Waals surface area contributed by atoms with Gasteiger partial charge < -0.3 is 5.73 Å². The molecule has 2 aliphatic carbocycles. The first-order chi connectivity index (χ1) is 6.10. The van der Waals surface area contributed by atoms with Gasteiger partial charge in [0, 0.05) is 6.04 Å². The topological polar surface area (TPSA) is 26.0 Å². The van der Waals surface area contributed by atoms with E-state index in [1.165, 1.54) is 38.5 Å². The van der Waals surface area contributed by atoms with E-state index >= 15 is 0 Å². The molecule has 2 atom stereocenters. The maximum Gasteiger partial charge on any atom is 0.00957 e. The summed E-state index contributed by atoms with van der Waals surface area (Å²) >= 11 is 0. The fraction of sp³-hybridized carbons (Fsp3) is 1.00. The van der Waals surface area contributed by atoms with Crippen LogP contribution in [0.3, 0.4) is 0 Å². The van der Waals surface area contributed by atoms with E-state index in [1.54, 1.807) is 0 Å². The quantitative estimate of drug-likeness (QED) is 0.711. The standard InChI is InChI=1S/C12H23N/c1-12(2)10(8-11(12)13)7-6-9-4-3-5-9/h9-11H,3-8,13H2,1-2H3. The molecular weight excluding hydrogens is 158 g/mol. The second kappa shape index (κ2) is 3.27. The summed E-state index contributed by atoms with van der Waals surface area (Å²) in [6, 6.07) is 0.471. The number of hydrogen-bond donors (Lipinski definition) is 1. The van der Waals surface area contributed by atoms with Gasteiger partial charge in [0.05, 0.1) is 0 Å². The minimum atomic E-state index is 0.434. The number of nitrogens with two attached hydrogens (primary N) is 1. The molecule has 76 valence electrons. The highest BCUT2D eigenvalue weighted by atomic mass is 14.8. The molecule has 0 aromatic rings. The Morgan fingerprint density at radius 1 is 1.23 bits per heavy atom. The fourth-order valence-electron chi connectivity index (χ4n) is 2.76. The third-order valence-corrected chi connectivity index (χ3v) is 4.69. The van der Waals surface area contributed by atoms with Gasteiger partial charge in [-0.15, -0.1) is 0 Å². The Balaban J connectivity index is 1.71. The Labute approximate surface area is 82.1 Å². The maximum absolute atomic E-state index is 6.00. The predicted octanol–water partition coefficient (Wildman–Crippen LogP) is 2.94. The first-order valence-electron chi connectivity index (χ1n) is 5.86. The molecule has 1 heteroatoms. The van der Waals surface area contributed by atoms with Crippen molar-refractivity contribution in [3.05, 3.63) is 0 Å². The normalized spacial score (nSPS) is 38.1. The van der Waals surface area contributed by atoms with Crippen LogP contribution in [0.2, 0.25) is 0 Å². The summed E-state index contributed by atoms with van der Waals surface area (Å²) in [5.74, 6) is 2.00. The third kappa shape index (κ3) is 1.63. The highest BCUT2D eigenvalue weighted by Gasteiger charge is 2.45. The van der Waals surface area contributed by atoms with Crippen LogP contribution in [0.4, 0.5) is 0 Å². The van der Waals surface area contributed by atoms with E-state index in [0.717, 1.165) is 11.8 Å². The minimum absolute atomic E-state index is 0.434. The molecular formula is C12H23N. The zero-order valence-corrected chi connectivity index (χ0v) is 9.05. The van der Waals surface area contributed by atoms with Crippen LogP contribution in [0.25, 0.3) is 0 Å². The fourth-order valence-corrected chi connectivity index (χ4v) is 2.76. The van der Waals surface area contributed by atoms with Gasteiger partial charge in [0.2, 0.25) is 0 Å². The van der Waals surface area contributed by atoms with Crippen molar-refractivity contribution in [2.24, 2.45) is 23.0 Å². The van der Waals surface area contributed by atoms with Gasteiger partial charge in [-0.05, 0) is 30.1 Å². The van der Waals surface area contributed by atoms with Crippen LogP contribution in [-0.2, 0) is 0 Å². The van der Waals surface area contributed by atoms with Crippen molar-refractivity contribution in [3.63, 3.8) is 0 Å². The van der Waals surface area contributed by atoms with Gasteiger partial charge in [0.1, 0.15) is 0 Å². The van der Waals surface area contributed by atoms with E-state index in [4.69, 9.17) is 5.73 Å². The molecule has 2 fully saturated rings. The van der Waals surface area contributed by atoms with Gasteiger partial charge in [-0.2, -0.15) is 0 Å². The molecule has 0 aromatic carbocycles. The average molecular weight is 181 g/mol. The van der Waals surface area contributed by atoms with Gasteiger partial charge in [0.25, 0.3) is 0 Å². The van der Waals surface area contributed by atoms with Gasteiger partial charge in [-0.25, -0.2) is 0 Å². The smallest absolute Gasteiger partial charge is 0.00957 e. The molecule has 0 heterocycles. The lowest BCUT2D eigenvalue weighted by molar-refractivity contribution is 0.0236. The van der Waals surface area contributed by atoms with Gasteiger partial charge in [-0.1, -0.05) is 39.5 Å². The number of rotatable bonds is 3. The molecule has 0 radical (unpaired) electrons. The second-order valence-electron chi connectivity index (χ2n) is 5.73. The van der Waals surface area contributed by atoms with Crippen LogP contribution in [0.15, 0.2) is 0 Å². The van der Waals surface area contributed by atoms with E-state index in [-0.39, 0.29) is 0 Å². The molecule has 2 saturated carbocycles. The maximum atomic E-state index is 6.00. The van der Waals surface area contributed by atoms with Crippen molar-refractivity contribution < 1.29 is 0 Å². The first kappa shape index (κ1) is 9.51. The lowest BCUT2D eigenvalue weighted by atomic mass is 9.57. The predicted molar refractivity (Wildman–Crippen MR) is 56.4 cm³/mol. The van der Waals surface area contributed by atoms with Crippen LogP contribution >= 0.6 is 0 Å². The minimum Gasteiger partial charge on any atom is -0.327 e. The molecule has 1 nitrogen and oxygen atoms in total. The monoisotopic (exact) mass is 181 g/mol. The zero-order chi connectivity index (χ0) is 9.47. The van der Waals surface area contributed by atoms with Crippen LogP contribution < -0.4 is 5.73 Å². The van der Waals surface area contributed by atoms with Gasteiger partial charge >= 0.3 is 0 Å².